The molecule has 12 heteroatoms. The number of anilines is 5. The minimum atomic E-state index is -1.25. The number of aromatic nitrogens is 2. The lowest BCUT2D eigenvalue weighted by Gasteiger charge is -2.39. The number of nitrogens with zero attached hydrogens (tertiary/aromatic N) is 4. The third kappa shape index (κ3) is 8.91. The third-order valence-corrected chi connectivity index (χ3v) is 9.04. The fraction of sp³-hybridized carbons (Fsp3) is 0.484. The lowest BCUT2D eigenvalue weighted by molar-refractivity contribution is 0.112. The minimum absolute atomic E-state index is 0.0310. The highest BCUT2D eigenvalue weighted by Crippen LogP contribution is 2.39. The zero-order valence-corrected chi connectivity index (χ0v) is 27.6. The molecule has 3 aromatic rings. The molecule has 2 aromatic carbocycles. The van der Waals surface area contributed by atoms with Crippen molar-refractivity contribution in [1.82, 2.24) is 14.9 Å². The molecule has 0 saturated carbocycles. The minimum Gasteiger partial charge on any atom is -0.489 e. The molecule has 10 nitrogen and oxygen atoms in total. The highest BCUT2D eigenvalue weighted by molar-refractivity contribution is 7.56. The molecule has 0 unspecified atom stereocenters. The number of halogens is 1. The average molecular weight is 631 g/mol. The monoisotopic (exact) mass is 630 g/mol. The molecule has 0 aliphatic carbocycles. The number of ether oxygens (including phenoxy) is 2. The molecule has 0 bridgehead atoms. The van der Waals surface area contributed by atoms with E-state index < -0.39 is 8.38 Å². The number of nitrogens with one attached hydrogen (secondary N) is 2. The Hall–Kier alpha value is -2.72. The van der Waals surface area contributed by atoms with Crippen molar-refractivity contribution in [3.05, 3.63) is 53.7 Å². The first-order chi connectivity index (χ1) is 20.9. The largest absolute Gasteiger partial charge is 0.489 e. The summed E-state index contributed by atoms with van der Waals surface area (Å²) in [6.07, 6.45) is 3.82. The molecule has 0 spiro atoms. The zero-order valence-electron chi connectivity index (χ0n) is 26.0. The Morgan fingerprint density at radius 3 is 2.49 bits per heavy atom. The van der Waals surface area contributed by atoms with Crippen molar-refractivity contribution >= 4 is 54.1 Å². The van der Waals surface area contributed by atoms with Crippen LogP contribution in [0.3, 0.4) is 0 Å². The van der Waals surface area contributed by atoms with E-state index in [-0.39, 0.29) is 6.10 Å². The lowest BCUT2D eigenvalue weighted by Crippen LogP contribution is -2.46. The Morgan fingerprint density at radius 2 is 1.81 bits per heavy atom. The van der Waals surface area contributed by atoms with Crippen LogP contribution in [-0.4, -0.2) is 81.1 Å². The van der Waals surface area contributed by atoms with Crippen LogP contribution in [0.25, 0.3) is 0 Å². The SMILES string of the molecule is CCN(CCOC)C1CCN(c2ccc(Nc3ncc(Cl)c(Nc4ccccc4P(OC)OC)n3)cc2OC(C)C)CC1. The van der Waals surface area contributed by atoms with Gasteiger partial charge in [0.25, 0.3) is 0 Å². The maximum absolute atomic E-state index is 6.49. The first kappa shape index (κ1) is 33.2. The van der Waals surface area contributed by atoms with E-state index in [4.69, 9.17) is 30.1 Å². The first-order valence-electron chi connectivity index (χ1n) is 14.7. The smallest absolute Gasteiger partial charge is 0.229 e. The van der Waals surface area contributed by atoms with Gasteiger partial charge < -0.3 is 34.1 Å². The van der Waals surface area contributed by atoms with Gasteiger partial charge in [-0.05, 0) is 57.5 Å². The quantitative estimate of drug-likeness (QED) is 0.180. The van der Waals surface area contributed by atoms with Crippen molar-refractivity contribution in [3.8, 4) is 5.75 Å². The van der Waals surface area contributed by atoms with Crippen molar-refractivity contribution in [3.63, 3.8) is 0 Å². The van der Waals surface area contributed by atoms with Crippen LogP contribution < -0.4 is 25.6 Å². The molecule has 1 fully saturated rings. The summed E-state index contributed by atoms with van der Waals surface area (Å²) in [5, 5.41) is 7.93. The summed E-state index contributed by atoms with van der Waals surface area (Å²) < 4.78 is 22.7. The fourth-order valence-corrected chi connectivity index (χ4v) is 6.48. The molecule has 1 aliphatic rings. The van der Waals surface area contributed by atoms with E-state index in [2.05, 4.69) is 43.4 Å². The number of para-hydroxylation sites is 1. The van der Waals surface area contributed by atoms with Gasteiger partial charge in [0.05, 0.1) is 35.6 Å². The molecule has 1 aromatic heterocycles. The molecule has 4 rings (SSSR count). The Balaban J connectivity index is 1.50. The maximum Gasteiger partial charge on any atom is 0.229 e. The van der Waals surface area contributed by atoms with E-state index in [9.17, 15) is 0 Å². The molecular weight excluding hydrogens is 587 g/mol. The molecule has 0 amide bonds. The van der Waals surface area contributed by atoms with Crippen molar-refractivity contribution in [1.29, 1.82) is 0 Å². The number of piperidine rings is 1. The molecule has 2 N–H and O–H groups in total. The topological polar surface area (TPSA) is 93.2 Å². The molecule has 0 radical (unpaired) electrons. The maximum atomic E-state index is 6.49. The van der Waals surface area contributed by atoms with Crippen LogP contribution in [0.15, 0.2) is 48.7 Å². The van der Waals surface area contributed by atoms with E-state index >= 15 is 0 Å². The molecule has 2 heterocycles. The number of rotatable bonds is 15. The highest BCUT2D eigenvalue weighted by Gasteiger charge is 2.26. The zero-order chi connectivity index (χ0) is 30.8. The van der Waals surface area contributed by atoms with E-state index in [1.165, 1.54) is 0 Å². The summed E-state index contributed by atoms with van der Waals surface area (Å²) in [5.74, 6) is 1.71. The molecule has 1 saturated heterocycles. The van der Waals surface area contributed by atoms with Crippen LogP contribution in [0, 0.1) is 0 Å². The van der Waals surface area contributed by atoms with Crippen molar-refractivity contribution < 1.29 is 18.5 Å². The summed E-state index contributed by atoms with van der Waals surface area (Å²) in [4.78, 5) is 14.0. The van der Waals surface area contributed by atoms with Gasteiger partial charge in [-0.3, -0.25) is 4.90 Å². The van der Waals surface area contributed by atoms with Gasteiger partial charge in [-0.25, -0.2) is 4.98 Å². The number of methoxy groups -OCH3 is 1. The van der Waals surface area contributed by atoms with Crippen LogP contribution in [0.2, 0.25) is 5.02 Å². The predicted molar refractivity (Wildman–Crippen MR) is 177 cm³/mol. The number of hydrogen-bond donors (Lipinski definition) is 2. The lowest BCUT2D eigenvalue weighted by atomic mass is 10.0. The standard InChI is InChI=1S/C31H44ClN6O4P/c1-7-37(18-19-39-4)24-14-16-38(17-15-24)27-13-12-23(20-28(27)42-22(2)3)34-31-33-21-25(32)30(36-31)35-26-10-8-9-11-29(26)43(40-5)41-6/h8-13,20-22,24H,7,14-19H2,1-6H3,(H2,33,34,35,36). The summed E-state index contributed by atoms with van der Waals surface area (Å²) in [6, 6.07) is 14.5. The van der Waals surface area contributed by atoms with Gasteiger partial charge in [0.2, 0.25) is 14.3 Å². The number of hydrogen-bond acceptors (Lipinski definition) is 10. The third-order valence-electron chi connectivity index (χ3n) is 7.32. The molecule has 1 aliphatic heterocycles. The molecular formula is C31H44ClN6O4P. The summed E-state index contributed by atoms with van der Waals surface area (Å²) in [6.45, 7) is 11.0. The summed E-state index contributed by atoms with van der Waals surface area (Å²) >= 11 is 6.49. The van der Waals surface area contributed by atoms with Crippen LogP contribution in [0.1, 0.15) is 33.6 Å². The van der Waals surface area contributed by atoms with Crippen LogP contribution >= 0.6 is 20.0 Å². The second kappa shape index (κ2) is 16.4. The highest BCUT2D eigenvalue weighted by atomic mass is 35.5. The summed E-state index contributed by atoms with van der Waals surface area (Å²) in [5.41, 5.74) is 2.72. The van der Waals surface area contributed by atoms with Gasteiger partial charge in [-0.15, -0.1) is 0 Å². The number of likely N-dealkylation sites (N-methyl/N-ethyl adjacent to an activating group) is 1. The van der Waals surface area contributed by atoms with Crippen molar-refractivity contribution in [2.24, 2.45) is 0 Å². The van der Waals surface area contributed by atoms with Crippen LogP contribution in [0.5, 0.6) is 5.75 Å². The van der Waals surface area contributed by atoms with E-state index in [1.54, 1.807) is 27.5 Å². The average Bonchev–Trinajstić information content (AvgIpc) is 3.01. The van der Waals surface area contributed by atoms with E-state index in [0.717, 1.165) is 73.7 Å². The second-order valence-corrected chi connectivity index (χ2v) is 12.6. The Labute approximate surface area is 262 Å². The first-order valence-corrected chi connectivity index (χ1v) is 16.2. The van der Waals surface area contributed by atoms with Gasteiger partial charge in [-0.2, -0.15) is 4.98 Å². The van der Waals surface area contributed by atoms with Crippen LogP contribution in [0.4, 0.5) is 28.8 Å². The van der Waals surface area contributed by atoms with Gasteiger partial charge in [0.1, 0.15) is 10.8 Å². The summed E-state index contributed by atoms with van der Waals surface area (Å²) in [7, 11) is 3.77. The normalized spacial score (nSPS) is 14.1. The molecule has 0 atom stereocenters. The van der Waals surface area contributed by atoms with Gasteiger partial charge in [0, 0.05) is 58.8 Å². The van der Waals surface area contributed by atoms with Gasteiger partial charge in [0.15, 0.2) is 5.82 Å². The Morgan fingerprint density at radius 1 is 1.07 bits per heavy atom. The molecule has 43 heavy (non-hydrogen) atoms. The Kier molecular flexibility index (Phi) is 12.6. The van der Waals surface area contributed by atoms with Gasteiger partial charge >= 0.3 is 0 Å². The van der Waals surface area contributed by atoms with Crippen molar-refractivity contribution in [2.45, 2.75) is 45.8 Å². The van der Waals surface area contributed by atoms with Gasteiger partial charge in [-0.1, -0.05) is 30.7 Å². The molecule has 234 valence electrons. The number of benzene rings is 2. The van der Waals surface area contributed by atoms with Crippen LogP contribution in [-0.2, 0) is 13.8 Å². The van der Waals surface area contributed by atoms with Crippen molar-refractivity contribution in [2.75, 3.05) is 69.6 Å². The fourth-order valence-electron chi connectivity index (χ4n) is 5.26. The van der Waals surface area contributed by atoms with E-state index in [0.29, 0.717) is 22.8 Å². The van der Waals surface area contributed by atoms with E-state index in [1.807, 2.05) is 50.2 Å². The predicted octanol–water partition coefficient (Wildman–Crippen LogP) is 6.57. The Bertz CT molecular complexity index is 1310. The second-order valence-electron chi connectivity index (χ2n) is 10.5.